The summed E-state index contributed by atoms with van der Waals surface area (Å²) in [6, 6.07) is 2.81. The van der Waals surface area contributed by atoms with E-state index in [1.807, 2.05) is 0 Å². The van der Waals surface area contributed by atoms with Gasteiger partial charge in [-0.1, -0.05) is 6.57 Å². The molecule has 152 valence electrons. The minimum Gasteiger partial charge on any atom is -0.360 e. The zero-order chi connectivity index (χ0) is 20.7. The van der Waals surface area contributed by atoms with Gasteiger partial charge in [-0.3, -0.25) is 9.78 Å². The third-order valence-corrected chi connectivity index (χ3v) is 6.37. The first-order valence-electron chi connectivity index (χ1n) is 10.00. The molecule has 2 aromatic heterocycles. The maximum absolute atomic E-state index is 13.7. The van der Waals surface area contributed by atoms with E-state index in [0.29, 0.717) is 30.8 Å². The maximum Gasteiger partial charge on any atom is 0.274 e. The SMILES string of the molecule is [C-]#[N+]c1cc(N2CCC(C(=O)N3N=CCC3c3cncc(F)c3)C3(CC3)C2)ncn1. The number of pyridine rings is 1. The van der Waals surface area contributed by atoms with Gasteiger partial charge in [-0.05, 0) is 36.3 Å². The van der Waals surface area contributed by atoms with Crippen LogP contribution in [0.5, 0.6) is 0 Å². The number of carbonyl (C=O) groups is 1. The minimum absolute atomic E-state index is 0.000282. The highest BCUT2D eigenvalue weighted by atomic mass is 19.1. The highest BCUT2D eigenvalue weighted by Crippen LogP contribution is 2.57. The first kappa shape index (κ1) is 18.6. The molecule has 1 saturated heterocycles. The summed E-state index contributed by atoms with van der Waals surface area (Å²) in [4.78, 5) is 31.2. The molecular formula is C21H20FN7O. The molecule has 0 N–H and O–H groups in total. The number of hydrazone groups is 1. The number of amides is 1. The third kappa shape index (κ3) is 3.18. The van der Waals surface area contributed by atoms with Gasteiger partial charge in [-0.15, -0.1) is 4.98 Å². The van der Waals surface area contributed by atoms with Gasteiger partial charge in [0.05, 0.1) is 12.2 Å². The number of hydrogen-bond donors (Lipinski definition) is 0. The van der Waals surface area contributed by atoms with Crippen LogP contribution in [-0.2, 0) is 4.79 Å². The van der Waals surface area contributed by atoms with Gasteiger partial charge in [0.2, 0.25) is 12.2 Å². The van der Waals surface area contributed by atoms with E-state index in [1.54, 1.807) is 18.5 Å². The predicted molar refractivity (Wildman–Crippen MR) is 107 cm³/mol. The summed E-state index contributed by atoms with van der Waals surface area (Å²) in [5, 5.41) is 5.86. The molecule has 8 nitrogen and oxygen atoms in total. The number of anilines is 1. The van der Waals surface area contributed by atoms with Crippen LogP contribution in [-0.4, -0.2) is 45.2 Å². The van der Waals surface area contributed by atoms with Gasteiger partial charge in [0, 0.05) is 43.9 Å². The fraction of sp³-hybridized carbons (Fsp3) is 0.429. The Kier molecular flexibility index (Phi) is 4.42. The molecule has 2 unspecified atom stereocenters. The molecule has 0 radical (unpaired) electrons. The van der Waals surface area contributed by atoms with Crippen LogP contribution in [0, 0.1) is 23.7 Å². The molecule has 1 saturated carbocycles. The Balaban J connectivity index is 1.35. The van der Waals surface area contributed by atoms with Gasteiger partial charge >= 0.3 is 0 Å². The smallest absolute Gasteiger partial charge is 0.274 e. The van der Waals surface area contributed by atoms with E-state index < -0.39 is 5.82 Å². The largest absolute Gasteiger partial charge is 0.360 e. The third-order valence-electron chi connectivity index (χ3n) is 6.37. The molecule has 9 heteroatoms. The van der Waals surface area contributed by atoms with Crippen LogP contribution >= 0.6 is 0 Å². The summed E-state index contributed by atoms with van der Waals surface area (Å²) in [6.45, 7) is 8.56. The van der Waals surface area contributed by atoms with E-state index in [4.69, 9.17) is 6.57 Å². The van der Waals surface area contributed by atoms with Crippen molar-refractivity contribution < 1.29 is 9.18 Å². The van der Waals surface area contributed by atoms with Crippen LogP contribution in [0.3, 0.4) is 0 Å². The van der Waals surface area contributed by atoms with Gasteiger partial charge in [-0.2, -0.15) is 10.1 Å². The standard InChI is InChI=1S/C21H20FN7O/c1-23-18-9-19(26-13-25-18)28-7-3-16(21(12-28)4-5-21)20(30)29-17(2-6-27-29)14-8-15(22)11-24-10-14/h6,8-11,13,16-17H,2-5,7,12H2. The molecule has 1 spiro atoms. The second-order valence-electron chi connectivity index (χ2n) is 8.14. The second-order valence-corrected chi connectivity index (χ2v) is 8.14. The highest BCUT2D eigenvalue weighted by Gasteiger charge is 2.56. The predicted octanol–water partition coefficient (Wildman–Crippen LogP) is 3.13. The Labute approximate surface area is 173 Å². The van der Waals surface area contributed by atoms with Gasteiger partial charge in [0.25, 0.3) is 5.82 Å². The molecule has 2 aliphatic heterocycles. The Morgan fingerprint density at radius 2 is 2.13 bits per heavy atom. The molecule has 2 fully saturated rings. The zero-order valence-electron chi connectivity index (χ0n) is 16.3. The van der Waals surface area contributed by atoms with Crippen molar-refractivity contribution in [1.82, 2.24) is 20.0 Å². The number of aromatic nitrogens is 3. The van der Waals surface area contributed by atoms with Gasteiger partial charge in [0.1, 0.15) is 11.6 Å². The van der Waals surface area contributed by atoms with Crippen molar-refractivity contribution in [2.24, 2.45) is 16.4 Å². The van der Waals surface area contributed by atoms with Crippen molar-refractivity contribution in [3.63, 3.8) is 0 Å². The highest BCUT2D eigenvalue weighted by molar-refractivity contribution is 5.83. The molecule has 0 bridgehead atoms. The van der Waals surface area contributed by atoms with Crippen LogP contribution in [0.1, 0.15) is 37.3 Å². The lowest BCUT2D eigenvalue weighted by molar-refractivity contribution is -0.140. The average molecular weight is 405 g/mol. The quantitative estimate of drug-likeness (QED) is 0.733. The Morgan fingerprint density at radius 3 is 2.90 bits per heavy atom. The number of piperidine rings is 1. The van der Waals surface area contributed by atoms with Crippen LogP contribution in [0.15, 0.2) is 36.0 Å². The van der Waals surface area contributed by atoms with Crippen molar-refractivity contribution in [3.8, 4) is 0 Å². The number of carbonyl (C=O) groups excluding carboxylic acids is 1. The molecule has 1 amide bonds. The molecule has 4 heterocycles. The minimum atomic E-state index is -0.414. The fourth-order valence-corrected chi connectivity index (χ4v) is 4.65. The van der Waals surface area contributed by atoms with Crippen LogP contribution < -0.4 is 4.90 Å². The summed E-state index contributed by atoms with van der Waals surface area (Å²) in [6.07, 6.45) is 9.09. The zero-order valence-corrected chi connectivity index (χ0v) is 16.3. The van der Waals surface area contributed by atoms with Crippen LogP contribution in [0.25, 0.3) is 4.85 Å². The normalized spacial score (nSPS) is 24.1. The van der Waals surface area contributed by atoms with Crippen molar-refractivity contribution in [2.45, 2.75) is 31.7 Å². The van der Waals surface area contributed by atoms with Crippen LogP contribution in [0.2, 0.25) is 0 Å². The van der Waals surface area contributed by atoms with E-state index in [2.05, 4.69) is 29.8 Å². The molecular weight excluding hydrogens is 385 g/mol. The number of rotatable bonds is 3. The summed E-state index contributed by atoms with van der Waals surface area (Å²) < 4.78 is 13.7. The maximum atomic E-state index is 13.7. The molecule has 30 heavy (non-hydrogen) atoms. The average Bonchev–Trinajstić information content (AvgIpc) is 3.34. The lowest BCUT2D eigenvalue weighted by atomic mass is 9.81. The molecule has 1 aliphatic carbocycles. The van der Waals surface area contributed by atoms with E-state index in [9.17, 15) is 9.18 Å². The van der Waals surface area contributed by atoms with Gasteiger partial charge < -0.3 is 9.74 Å². The Morgan fingerprint density at radius 1 is 1.27 bits per heavy atom. The van der Waals surface area contributed by atoms with Crippen molar-refractivity contribution in [1.29, 1.82) is 0 Å². The summed E-state index contributed by atoms with van der Waals surface area (Å²) in [5.74, 6) is 0.509. The monoisotopic (exact) mass is 405 g/mol. The topological polar surface area (TPSA) is 78.9 Å². The Bertz CT molecular complexity index is 1060. The lowest BCUT2D eigenvalue weighted by Crippen LogP contribution is -2.48. The van der Waals surface area contributed by atoms with Crippen molar-refractivity contribution in [2.75, 3.05) is 18.0 Å². The van der Waals surface area contributed by atoms with E-state index in [1.165, 1.54) is 17.4 Å². The number of hydrogen-bond acceptors (Lipinski definition) is 6. The Hall–Kier alpha value is -3.41. The van der Waals surface area contributed by atoms with E-state index in [0.717, 1.165) is 31.4 Å². The number of nitrogens with zero attached hydrogens (tertiary/aromatic N) is 7. The van der Waals surface area contributed by atoms with Gasteiger partial charge in [0.15, 0.2) is 0 Å². The van der Waals surface area contributed by atoms with Crippen LogP contribution in [0.4, 0.5) is 16.0 Å². The summed E-state index contributed by atoms with van der Waals surface area (Å²) in [5.41, 5.74) is 0.567. The van der Waals surface area contributed by atoms with Gasteiger partial charge in [-0.25, -0.2) is 9.40 Å². The first-order valence-corrected chi connectivity index (χ1v) is 10.00. The lowest BCUT2D eigenvalue weighted by Gasteiger charge is -2.40. The molecule has 5 rings (SSSR count). The molecule has 0 aromatic carbocycles. The van der Waals surface area contributed by atoms with Crippen molar-refractivity contribution in [3.05, 3.63) is 53.7 Å². The van der Waals surface area contributed by atoms with E-state index >= 15 is 0 Å². The van der Waals surface area contributed by atoms with Crippen molar-refractivity contribution >= 4 is 23.8 Å². The summed E-state index contributed by atoms with van der Waals surface area (Å²) >= 11 is 0. The number of halogens is 1. The second kappa shape index (κ2) is 7.13. The first-order chi connectivity index (χ1) is 14.6. The fourth-order valence-electron chi connectivity index (χ4n) is 4.65. The molecule has 2 atom stereocenters. The molecule has 2 aromatic rings. The summed E-state index contributed by atoms with van der Waals surface area (Å²) in [7, 11) is 0. The van der Waals surface area contributed by atoms with E-state index in [-0.39, 0.29) is 23.3 Å². The molecule has 3 aliphatic rings.